The van der Waals surface area contributed by atoms with Crippen molar-refractivity contribution in [3.63, 3.8) is 0 Å². The molecule has 1 aliphatic heterocycles. The molecule has 116 valence electrons. The summed E-state index contributed by atoms with van der Waals surface area (Å²) in [6, 6.07) is 4.92. The molecule has 1 aliphatic rings. The average molecular weight is 302 g/mol. The second-order valence-electron chi connectivity index (χ2n) is 5.20. The molecule has 2 aromatic rings. The molecule has 1 N–H and O–H groups in total. The summed E-state index contributed by atoms with van der Waals surface area (Å²) in [6.07, 6.45) is 5.71. The van der Waals surface area contributed by atoms with Gasteiger partial charge in [-0.2, -0.15) is 5.10 Å². The van der Waals surface area contributed by atoms with Crippen LogP contribution in [0.5, 0.6) is 5.75 Å². The van der Waals surface area contributed by atoms with Gasteiger partial charge < -0.3 is 14.7 Å². The fourth-order valence-corrected chi connectivity index (χ4v) is 2.52. The summed E-state index contributed by atoms with van der Waals surface area (Å²) in [6.45, 7) is 2.23. The molecule has 0 bridgehead atoms. The minimum atomic E-state index is -0.269. The molecule has 0 aromatic carbocycles. The zero-order valence-corrected chi connectivity index (χ0v) is 12.1. The largest absolute Gasteiger partial charge is 0.505 e. The highest BCUT2D eigenvalue weighted by Crippen LogP contribution is 2.17. The highest BCUT2D eigenvalue weighted by Gasteiger charge is 2.26. The van der Waals surface area contributed by atoms with Gasteiger partial charge in [-0.25, -0.2) is 4.98 Å². The Bertz CT molecular complexity index is 629. The van der Waals surface area contributed by atoms with Crippen LogP contribution in [0.2, 0.25) is 0 Å². The van der Waals surface area contributed by atoms with Gasteiger partial charge in [0.05, 0.1) is 12.6 Å². The average Bonchev–Trinajstić information content (AvgIpc) is 2.91. The van der Waals surface area contributed by atoms with E-state index in [2.05, 4.69) is 10.1 Å². The Morgan fingerprint density at radius 2 is 2.32 bits per heavy atom. The molecule has 0 spiro atoms. The fraction of sp³-hybridized carbons (Fsp3) is 0.400. The molecule has 1 amide bonds. The van der Waals surface area contributed by atoms with E-state index >= 15 is 0 Å². The van der Waals surface area contributed by atoms with Crippen LogP contribution in [0, 0.1) is 0 Å². The number of nitrogens with zero attached hydrogens (tertiary/aromatic N) is 4. The summed E-state index contributed by atoms with van der Waals surface area (Å²) in [5.74, 6) is -0.365. The number of rotatable bonds is 3. The van der Waals surface area contributed by atoms with Crippen LogP contribution >= 0.6 is 0 Å². The Morgan fingerprint density at radius 3 is 3.09 bits per heavy atom. The number of hydrogen-bond acceptors (Lipinski definition) is 5. The maximum atomic E-state index is 12.5. The second-order valence-corrected chi connectivity index (χ2v) is 5.20. The van der Waals surface area contributed by atoms with Crippen molar-refractivity contribution in [3.8, 4) is 5.75 Å². The van der Waals surface area contributed by atoms with E-state index in [-0.39, 0.29) is 23.5 Å². The molecular weight excluding hydrogens is 284 g/mol. The summed E-state index contributed by atoms with van der Waals surface area (Å²) < 4.78 is 7.57. The van der Waals surface area contributed by atoms with E-state index in [1.165, 1.54) is 12.3 Å². The van der Waals surface area contributed by atoms with E-state index in [4.69, 9.17) is 4.74 Å². The van der Waals surface area contributed by atoms with Crippen LogP contribution in [0.25, 0.3) is 0 Å². The quantitative estimate of drug-likeness (QED) is 0.911. The number of aromatic nitrogens is 3. The molecule has 0 aliphatic carbocycles. The van der Waals surface area contributed by atoms with Gasteiger partial charge in [-0.3, -0.25) is 9.48 Å². The summed E-state index contributed by atoms with van der Waals surface area (Å²) in [5.41, 5.74) is 0.0854. The molecule has 1 atom stereocenters. The standard InChI is InChI=1S/C15H18N4O3/c20-13-4-1-5-16-14(13)15(21)18-7-3-9-22-12(10-18)11-19-8-2-6-17-19/h1-2,4-6,8,12,20H,3,7,9-11H2/t12-/m0/s1. The third-order valence-corrected chi connectivity index (χ3v) is 3.58. The summed E-state index contributed by atoms with van der Waals surface area (Å²) in [7, 11) is 0. The number of carbonyl (C=O) groups is 1. The SMILES string of the molecule is O=C(c1ncccc1O)N1CCCO[C@H](Cn2cccn2)C1. The van der Waals surface area contributed by atoms with Gasteiger partial charge in [0.15, 0.2) is 5.69 Å². The first-order chi connectivity index (χ1) is 10.7. The molecule has 7 heteroatoms. The summed E-state index contributed by atoms with van der Waals surface area (Å²) in [4.78, 5) is 18.2. The minimum absolute atomic E-state index is 0.0854. The van der Waals surface area contributed by atoms with E-state index in [1.807, 2.05) is 12.3 Å². The molecule has 1 saturated heterocycles. The molecule has 0 radical (unpaired) electrons. The van der Waals surface area contributed by atoms with Crippen LogP contribution in [0.3, 0.4) is 0 Å². The van der Waals surface area contributed by atoms with E-state index in [1.54, 1.807) is 21.8 Å². The number of hydrogen-bond donors (Lipinski definition) is 1. The summed E-state index contributed by atoms with van der Waals surface area (Å²) in [5, 5.41) is 14.0. The third kappa shape index (κ3) is 3.25. The lowest BCUT2D eigenvalue weighted by Crippen LogP contribution is -2.39. The van der Waals surface area contributed by atoms with Gasteiger partial charge in [0, 0.05) is 38.3 Å². The zero-order valence-electron chi connectivity index (χ0n) is 12.1. The normalized spacial score (nSPS) is 18.9. The van der Waals surface area contributed by atoms with E-state index < -0.39 is 0 Å². The van der Waals surface area contributed by atoms with Crippen molar-refractivity contribution in [1.29, 1.82) is 0 Å². The first-order valence-corrected chi connectivity index (χ1v) is 7.26. The first-order valence-electron chi connectivity index (χ1n) is 7.26. The highest BCUT2D eigenvalue weighted by molar-refractivity contribution is 5.94. The molecule has 0 unspecified atom stereocenters. The van der Waals surface area contributed by atoms with Crippen LogP contribution in [0.4, 0.5) is 0 Å². The van der Waals surface area contributed by atoms with Crippen molar-refractivity contribution < 1.29 is 14.6 Å². The highest BCUT2D eigenvalue weighted by atomic mass is 16.5. The van der Waals surface area contributed by atoms with Crippen LogP contribution in [0.15, 0.2) is 36.8 Å². The molecule has 2 aromatic heterocycles. The molecule has 7 nitrogen and oxygen atoms in total. The van der Waals surface area contributed by atoms with Gasteiger partial charge in [-0.1, -0.05) is 0 Å². The van der Waals surface area contributed by atoms with E-state index in [0.717, 1.165) is 6.42 Å². The molecule has 3 rings (SSSR count). The third-order valence-electron chi connectivity index (χ3n) is 3.58. The van der Waals surface area contributed by atoms with Gasteiger partial charge >= 0.3 is 0 Å². The maximum absolute atomic E-state index is 12.5. The predicted molar refractivity (Wildman–Crippen MR) is 78.4 cm³/mol. The lowest BCUT2D eigenvalue weighted by molar-refractivity contribution is 0.0364. The van der Waals surface area contributed by atoms with Gasteiger partial charge in [0.1, 0.15) is 5.75 Å². The van der Waals surface area contributed by atoms with Crippen molar-refractivity contribution >= 4 is 5.91 Å². The minimum Gasteiger partial charge on any atom is -0.505 e. The monoisotopic (exact) mass is 302 g/mol. The Hall–Kier alpha value is -2.41. The predicted octanol–water partition coefficient (Wildman–Crippen LogP) is 0.915. The Morgan fingerprint density at radius 1 is 1.41 bits per heavy atom. The van der Waals surface area contributed by atoms with Gasteiger partial charge in [0.25, 0.3) is 5.91 Å². The fourth-order valence-electron chi connectivity index (χ4n) is 2.52. The number of pyridine rings is 1. The molecule has 0 saturated carbocycles. The maximum Gasteiger partial charge on any atom is 0.276 e. The molecular formula is C15H18N4O3. The van der Waals surface area contributed by atoms with Crippen molar-refractivity contribution in [2.75, 3.05) is 19.7 Å². The van der Waals surface area contributed by atoms with Crippen LogP contribution in [0.1, 0.15) is 16.9 Å². The van der Waals surface area contributed by atoms with Gasteiger partial charge in [-0.05, 0) is 24.6 Å². The van der Waals surface area contributed by atoms with Crippen LogP contribution < -0.4 is 0 Å². The Kier molecular flexibility index (Phi) is 4.34. The second kappa shape index (κ2) is 6.57. The number of ether oxygens (including phenoxy) is 1. The lowest BCUT2D eigenvalue weighted by Gasteiger charge is -2.23. The van der Waals surface area contributed by atoms with Crippen LogP contribution in [-0.4, -0.2) is 56.5 Å². The number of carbonyl (C=O) groups excluding carboxylic acids is 1. The zero-order chi connectivity index (χ0) is 15.4. The Balaban J connectivity index is 1.72. The van der Waals surface area contributed by atoms with E-state index in [0.29, 0.717) is 26.2 Å². The van der Waals surface area contributed by atoms with Gasteiger partial charge in [-0.15, -0.1) is 0 Å². The molecule has 3 heterocycles. The van der Waals surface area contributed by atoms with Crippen molar-refractivity contribution in [2.45, 2.75) is 19.1 Å². The van der Waals surface area contributed by atoms with E-state index in [9.17, 15) is 9.90 Å². The molecule has 22 heavy (non-hydrogen) atoms. The number of amides is 1. The summed E-state index contributed by atoms with van der Waals surface area (Å²) >= 11 is 0. The van der Waals surface area contributed by atoms with Crippen LogP contribution in [-0.2, 0) is 11.3 Å². The Labute approximate surface area is 128 Å². The van der Waals surface area contributed by atoms with Crippen molar-refractivity contribution in [1.82, 2.24) is 19.7 Å². The number of aromatic hydroxyl groups is 1. The lowest BCUT2D eigenvalue weighted by atomic mass is 10.2. The topological polar surface area (TPSA) is 80.5 Å². The smallest absolute Gasteiger partial charge is 0.276 e. The van der Waals surface area contributed by atoms with Gasteiger partial charge in [0.2, 0.25) is 0 Å². The van der Waals surface area contributed by atoms with Crippen molar-refractivity contribution in [3.05, 3.63) is 42.5 Å². The first kappa shape index (κ1) is 14.5. The molecule has 1 fully saturated rings. The van der Waals surface area contributed by atoms with Crippen molar-refractivity contribution in [2.24, 2.45) is 0 Å².